The van der Waals surface area contributed by atoms with Gasteiger partial charge in [-0.3, -0.25) is 0 Å². The second-order valence-electron chi connectivity index (χ2n) is 7.53. The van der Waals surface area contributed by atoms with Gasteiger partial charge in [0.15, 0.2) is 0 Å². The van der Waals surface area contributed by atoms with Crippen LogP contribution in [0, 0.1) is 25.3 Å². The summed E-state index contributed by atoms with van der Waals surface area (Å²) in [6.07, 6.45) is 4.66. The fraction of sp³-hybridized carbons (Fsp3) is 0.579. The molecule has 1 saturated heterocycles. The number of anilines is 1. The molecule has 130 valence electrons. The molecule has 2 heterocycles. The Morgan fingerprint density at radius 1 is 1.32 bits per heavy atom. The van der Waals surface area contributed by atoms with E-state index in [2.05, 4.69) is 23.6 Å². The summed E-state index contributed by atoms with van der Waals surface area (Å²) in [6.45, 7) is 15.8. The van der Waals surface area contributed by atoms with Crippen LogP contribution in [0.5, 0.6) is 0 Å². The van der Waals surface area contributed by atoms with E-state index in [1.807, 2.05) is 19.0 Å². The van der Waals surface area contributed by atoms with Crippen LogP contribution in [0.2, 0.25) is 0 Å². The molecule has 2 fully saturated rings. The molecule has 0 atom stereocenters. The van der Waals surface area contributed by atoms with E-state index in [9.17, 15) is 4.79 Å². The minimum absolute atomic E-state index is 0.0333. The van der Waals surface area contributed by atoms with Crippen molar-refractivity contribution in [1.29, 1.82) is 0 Å². The minimum atomic E-state index is 0.0333. The Labute approximate surface area is 156 Å². The Kier molecular flexibility index (Phi) is 5.24. The SMILES string of the molecule is [C-]#[N+]c1bcc(N2C(=O)CN(C3CCC(C(C)C)CC3)C2=S)cc1C. The van der Waals surface area contributed by atoms with Gasteiger partial charge >= 0.3 is 156 Å². The van der Waals surface area contributed by atoms with Crippen molar-refractivity contribution >= 4 is 41.4 Å². The Hall–Kier alpha value is -1.74. The maximum absolute atomic E-state index is 12.6. The van der Waals surface area contributed by atoms with Crippen molar-refractivity contribution in [3.8, 4) is 0 Å². The molecule has 0 aromatic carbocycles. The monoisotopic (exact) mass is 353 g/mol. The zero-order valence-corrected chi connectivity index (χ0v) is 16.0. The summed E-state index contributed by atoms with van der Waals surface area (Å²) in [6, 6.07) is 2.26. The van der Waals surface area contributed by atoms with Crippen LogP contribution in [0.15, 0.2) is 12.0 Å². The molecule has 6 heteroatoms. The van der Waals surface area contributed by atoms with Crippen LogP contribution in [0.3, 0.4) is 0 Å². The fourth-order valence-electron chi connectivity index (χ4n) is 4.04. The first kappa shape index (κ1) is 18.1. The van der Waals surface area contributed by atoms with Crippen molar-refractivity contribution in [2.24, 2.45) is 11.8 Å². The molecule has 1 aliphatic heterocycles. The first-order valence-electron chi connectivity index (χ1n) is 9.04. The van der Waals surface area contributed by atoms with Gasteiger partial charge in [0.25, 0.3) is 0 Å². The van der Waals surface area contributed by atoms with Gasteiger partial charge in [0.2, 0.25) is 0 Å². The van der Waals surface area contributed by atoms with Gasteiger partial charge in [0.1, 0.15) is 0 Å². The Bertz CT molecular complexity index is 735. The van der Waals surface area contributed by atoms with Crippen molar-refractivity contribution in [2.45, 2.75) is 52.5 Å². The molecule has 3 rings (SSSR count). The number of nitrogens with zero attached hydrogens (tertiary/aromatic N) is 3. The predicted octanol–water partition coefficient (Wildman–Crippen LogP) is 4.03. The van der Waals surface area contributed by atoms with Crippen LogP contribution in [0.25, 0.3) is 4.85 Å². The first-order chi connectivity index (χ1) is 11.9. The van der Waals surface area contributed by atoms with Gasteiger partial charge in [-0.1, -0.05) is 0 Å². The van der Waals surface area contributed by atoms with E-state index in [1.54, 1.807) is 11.8 Å². The molecule has 4 nitrogen and oxygen atoms in total. The number of carbonyl (C=O) groups excluding carboxylic acids is 1. The number of carbonyl (C=O) groups is 1. The van der Waals surface area contributed by atoms with E-state index in [4.69, 9.17) is 18.8 Å². The molecule has 1 aromatic heterocycles. The molecule has 1 saturated carbocycles. The van der Waals surface area contributed by atoms with Crippen LogP contribution in [-0.4, -0.2) is 35.4 Å². The molecule has 0 spiro atoms. The number of hydrogen-bond donors (Lipinski definition) is 0. The number of hydrogen-bond acceptors (Lipinski definition) is 2. The number of aryl methyl sites for hydroxylation is 1. The molecule has 1 amide bonds. The predicted molar refractivity (Wildman–Crippen MR) is 106 cm³/mol. The summed E-state index contributed by atoms with van der Waals surface area (Å²) in [4.78, 5) is 19.9. The van der Waals surface area contributed by atoms with E-state index < -0.39 is 0 Å². The van der Waals surface area contributed by atoms with Gasteiger partial charge in [0, 0.05) is 0 Å². The van der Waals surface area contributed by atoms with Crippen LogP contribution in [0.1, 0.15) is 45.1 Å². The second kappa shape index (κ2) is 7.25. The van der Waals surface area contributed by atoms with Gasteiger partial charge in [-0.05, 0) is 0 Å². The first-order valence-corrected chi connectivity index (χ1v) is 9.45. The van der Waals surface area contributed by atoms with Gasteiger partial charge in [-0.15, -0.1) is 0 Å². The molecule has 1 aromatic rings. The van der Waals surface area contributed by atoms with Gasteiger partial charge < -0.3 is 0 Å². The van der Waals surface area contributed by atoms with Crippen LogP contribution < -0.4 is 4.90 Å². The van der Waals surface area contributed by atoms with Crippen molar-refractivity contribution < 1.29 is 4.79 Å². The zero-order valence-electron chi connectivity index (χ0n) is 15.2. The molecular formula is C19H24BN3OS. The molecule has 0 bridgehead atoms. The average Bonchev–Trinajstić information content (AvgIpc) is 2.89. The van der Waals surface area contributed by atoms with E-state index in [0.717, 1.165) is 35.9 Å². The van der Waals surface area contributed by atoms with Crippen molar-refractivity contribution in [3.05, 3.63) is 29.0 Å². The van der Waals surface area contributed by atoms with Crippen LogP contribution in [0.4, 0.5) is 11.3 Å². The van der Waals surface area contributed by atoms with Gasteiger partial charge in [0.05, 0.1) is 0 Å². The zero-order chi connectivity index (χ0) is 18.1. The van der Waals surface area contributed by atoms with Crippen LogP contribution in [-0.2, 0) is 4.79 Å². The van der Waals surface area contributed by atoms with Crippen molar-refractivity contribution in [3.63, 3.8) is 0 Å². The van der Waals surface area contributed by atoms with Crippen LogP contribution >= 0.6 is 12.2 Å². The standard InChI is InChI=1S/C19H24BN3OS/c1-12(2)14-5-7-15(8-6-14)22-11-17(24)23(19(22)25)16-9-13(3)18(21-4)20-10-16/h9-10,12,14-15H,5-8,11H2,1-3H3. The molecule has 0 N–H and O–H groups in total. The third kappa shape index (κ3) is 3.48. The molecule has 2 aliphatic rings. The Morgan fingerprint density at radius 3 is 2.56 bits per heavy atom. The number of amides is 1. The third-order valence-corrected chi connectivity index (χ3v) is 6.09. The molecule has 25 heavy (non-hydrogen) atoms. The van der Waals surface area contributed by atoms with Gasteiger partial charge in [-0.25, -0.2) is 0 Å². The fourth-order valence-corrected chi connectivity index (χ4v) is 4.46. The topological polar surface area (TPSA) is 27.9 Å². The third-order valence-electron chi connectivity index (χ3n) is 5.68. The Balaban J connectivity index is 1.75. The molecule has 0 unspecified atom stereocenters. The summed E-state index contributed by atoms with van der Waals surface area (Å²) in [5, 5.41) is 0.618. The number of thiocarbonyl (C=S) groups is 1. The van der Waals surface area contributed by atoms with E-state index >= 15 is 0 Å². The average molecular weight is 353 g/mol. The Morgan fingerprint density at radius 2 is 2.00 bits per heavy atom. The summed E-state index contributed by atoms with van der Waals surface area (Å²) in [7, 11) is 0. The summed E-state index contributed by atoms with van der Waals surface area (Å²) in [5.41, 5.74) is 2.27. The van der Waals surface area contributed by atoms with E-state index in [0.29, 0.717) is 23.3 Å². The van der Waals surface area contributed by atoms with E-state index in [1.165, 1.54) is 12.8 Å². The van der Waals surface area contributed by atoms with E-state index in [-0.39, 0.29) is 5.91 Å². The second-order valence-corrected chi connectivity index (χ2v) is 7.90. The summed E-state index contributed by atoms with van der Waals surface area (Å²) in [5.74, 6) is 3.38. The molecule has 1 aliphatic carbocycles. The summed E-state index contributed by atoms with van der Waals surface area (Å²) < 4.78 is 0. The normalized spacial score (nSPS) is 24.0. The molecular weight excluding hydrogens is 329 g/mol. The quantitative estimate of drug-likeness (QED) is 0.607. The van der Waals surface area contributed by atoms with Gasteiger partial charge in [-0.2, -0.15) is 0 Å². The number of rotatable bonds is 3. The summed E-state index contributed by atoms with van der Waals surface area (Å²) >= 11 is 5.66. The van der Waals surface area contributed by atoms with Crippen molar-refractivity contribution in [1.82, 2.24) is 4.90 Å². The van der Waals surface area contributed by atoms with Crippen molar-refractivity contribution in [2.75, 3.05) is 11.4 Å². The maximum atomic E-state index is 12.6. The molecule has 0 radical (unpaired) electrons.